The molecule has 1 rings (SSSR count). The lowest BCUT2D eigenvalue weighted by Crippen LogP contribution is -2.11. The largest absolute Gasteiger partial charge is 0.385 e. The van der Waals surface area contributed by atoms with Gasteiger partial charge in [0, 0.05) is 9.35 Å². The Hall–Kier alpha value is 0.100. The number of ether oxygens (including phenoxy) is 1. The Morgan fingerprint density at radius 2 is 2.31 bits per heavy atom. The van der Waals surface area contributed by atoms with Crippen LogP contribution in [0.1, 0.15) is 24.8 Å². The Kier molecular flexibility index (Phi) is 4.38. The molecule has 1 aromatic heterocycles. The molecule has 1 heterocycles. The van der Waals surface area contributed by atoms with Crippen molar-refractivity contribution in [3.8, 4) is 0 Å². The van der Waals surface area contributed by atoms with Crippen LogP contribution in [0, 0.1) is 0 Å². The molecule has 0 saturated carbocycles. The van der Waals surface area contributed by atoms with Gasteiger partial charge < -0.3 is 9.84 Å². The second kappa shape index (κ2) is 5.10. The topological polar surface area (TPSA) is 29.5 Å². The zero-order valence-corrected chi connectivity index (χ0v) is 10.1. The van der Waals surface area contributed by atoms with Crippen LogP contribution in [0.25, 0.3) is 0 Å². The predicted octanol–water partition coefficient (Wildman–Crippen LogP) is 2.97. The molecule has 74 valence electrons. The molecule has 0 fully saturated rings. The van der Waals surface area contributed by atoms with Gasteiger partial charge >= 0.3 is 0 Å². The van der Waals surface area contributed by atoms with E-state index in [9.17, 15) is 5.11 Å². The van der Waals surface area contributed by atoms with Crippen molar-refractivity contribution in [2.24, 2.45) is 0 Å². The molecule has 4 heteroatoms. The molecular formula is C9H13BrO2S. The van der Waals surface area contributed by atoms with Gasteiger partial charge in [0.1, 0.15) is 6.10 Å². The van der Waals surface area contributed by atoms with E-state index < -0.39 is 6.10 Å². The fourth-order valence-corrected chi connectivity index (χ4v) is 2.51. The Bertz CT molecular complexity index is 260. The van der Waals surface area contributed by atoms with E-state index >= 15 is 0 Å². The molecule has 1 aromatic rings. The van der Waals surface area contributed by atoms with Crippen LogP contribution in [-0.4, -0.2) is 17.8 Å². The molecule has 0 amide bonds. The van der Waals surface area contributed by atoms with Crippen LogP contribution in [0.15, 0.2) is 15.9 Å². The molecule has 0 aliphatic carbocycles. The second-order valence-electron chi connectivity index (χ2n) is 3.03. The summed E-state index contributed by atoms with van der Waals surface area (Å²) in [6, 6.07) is 1.93. The highest BCUT2D eigenvalue weighted by Gasteiger charge is 2.13. The number of rotatable bonds is 4. The summed E-state index contributed by atoms with van der Waals surface area (Å²) in [6.45, 7) is 4.27. The standard InChI is InChI=1S/C9H13BrO2S/c1-6(2)12-5-8(11)9-7(10)3-4-13-9/h3-4,6,8,11H,5H2,1-2H3. The van der Waals surface area contributed by atoms with E-state index in [1.165, 1.54) is 11.3 Å². The number of aliphatic hydroxyl groups excluding tert-OH is 1. The Balaban J connectivity index is 2.49. The van der Waals surface area contributed by atoms with Crippen molar-refractivity contribution < 1.29 is 9.84 Å². The summed E-state index contributed by atoms with van der Waals surface area (Å²) in [5.74, 6) is 0. The third-order valence-corrected chi connectivity index (χ3v) is 3.51. The number of halogens is 1. The fraction of sp³-hybridized carbons (Fsp3) is 0.556. The van der Waals surface area contributed by atoms with Crippen LogP contribution < -0.4 is 0 Å². The van der Waals surface area contributed by atoms with Gasteiger partial charge in [-0.2, -0.15) is 0 Å². The lowest BCUT2D eigenvalue weighted by Gasteiger charge is -2.12. The van der Waals surface area contributed by atoms with Crippen LogP contribution in [-0.2, 0) is 4.74 Å². The van der Waals surface area contributed by atoms with Gasteiger partial charge in [-0.05, 0) is 41.2 Å². The Morgan fingerprint density at radius 1 is 1.62 bits per heavy atom. The van der Waals surface area contributed by atoms with Gasteiger partial charge in [0.25, 0.3) is 0 Å². The molecule has 13 heavy (non-hydrogen) atoms. The van der Waals surface area contributed by atoms with Crippen molar-refractivity contribution >= 4 is 27.3 Å². The van der Waals surface area contributed by atoms with Gasteiger partial charge in [0.05, 0.1) is 12.7 Å². The van der Waals surface area contributed by atoms with E-state index in [-0.39, 0.29) is 6.10 Å². The van der Waals surface area contributed by atoms with Gasteiger partial charge in [-0.25, -0.2) is 0 Å². The van der Waals surface area contributed by atoms with Crippen LogP contribution in [0.3, 0.4) is 0 Å². The normalized spacial score (nSPS) is 13.6. The Morgan fingerprint density at radius 3 is 2.77 bits per heavy atom. The third kappa shape index (κ3) is 3.38. The molecule has 0 bridgehead atoms. The molecule has 0 aliphatic rings. The molecule has 2 nitrogen and oxygen atoms in total. The van der Waals surface area contributed by atoms with E-state index in [0.29, 0.717) is 6.61 Å². The molecule has 1 N–H and O–H groups in total. The zero-order chi connectivity index (χ0) is 9.84. The van der Waals surface area contributed by atoms with Crippen molar-refractivity contribution in [3.63, 3.8) is 0 Å². The van der Waals surface area contributed by atoms with Crippen molar-refractivity contribution in [2.75, 3.05) is 6.61 Å². The minimum atomic E-state index is -0.517. The van der Waals surface area contributed by atoms with Crippen molar-refractivity contribution in [2.45, 2.75) is 26.1 Å². The predicted molar refractivity (Wildman–Crippen MR) is 58.1 cm³/mol. The van der Waals surface area contributed by atoms with Crippen LogP contribution in [0.4, 0.5) is 0 Å². The summed E-state index contributed by atoms with van der Waals surface area (Å²) in [5.41, 5.74) is 0. The van der Waals surface area contributed by atoms with Crippen LogP contribution >= 0.6 is 27.3 Å². The average Bonchev–Trinajstić information content (AvgIpc) is 2.47. The van der Waals surface area contributed by atoms with Gasteiger partial charge in [-0.1, -0.05) is 0 Å². The highest BCUT2D eigenvalue weighted by molar-refractivity contribution is 9.10. The maximum Gasteiger partial charge on any atom is 0.113 e. The average molecular weight is 265 g/mol. The number of hydrogen-bond donors (Lipinski definition) is 1. The van der Waals surface area contributed by atoms with E-state index in [1.54, 1.807) is 0 Å². The highest BCUT2D eigenvalue weighted by atomic mass is 79.9. The second-order valence-corrected chi connectivity index (χ2v) is 4.83. The summed E-state index contributed by atoms with van der Waals surface area (Å²) in [6.07, 6.45) is -0.356. The Labute approximate surface area is 90.7 Å². The highest BCUT2D eigenvalue weighted by Crippen LogP contribution is 2.29. The first-order valence-electron chi connectivity index (χ1n) is 4.14. The van der Waals surface area contributed by atoms with Crippen LogP contribution in [0.2, 0.25) is 0 Å². The van der Waals surface area contributed by atoms with E-state index in [1.807, 2.05) is 25.3 Å². The molecule has 1 unspecified atom stereocenters. The maximum absolute atomic E-state index is 9.69. The number of aliphatic hydroxyl groups is 1. The quantitative estimate of drug-likeness (QED) is 0.906. The molecule has 0 spiro atoms. The van der Waals surface area contributed by atoms with Crippen molar-refractivity contribution in [1.82, 2.24) is 0 Å². The minimum absolute atomic E-state index is 0.161. The first-order chi connectivity index (χ1) is 6.11. The van der Waals surface area contributed by atoms with Crippen molar-refractivity contribution in [3.05, 3.63) is 20.8 Å². The zero-order valence-electron chi connectivity index (χ0n) is 7.66. The number of thiophene rings is 1. The van der Waals surface area contributed by atoms with Gasteiger partial charge in [0.15, 0.2) is 0 Å². The fourth-order valence-electron chi connectivity index (χ4n) is 0.902. The summed E-state index contributed by atoms with van der Waals surface area (Å²) in [4.78, 5) is 0.931. The number of hydrogen-bond acceptors (Lipinski definition) is 3. The lowest BCUT2D eigenvalue weighted by molar-refractivity contribution is 0.00609. The van der Waals surface area contributed by atoms with Crippen LogP contribution in [0.5, 0.6) is 0 Å². The minimum Gasteiger partial charge on any atom is -0.385 e. The first-order valence-corrected chi connectivity index (χ1v) is 5.81. The molecular weight excluding hydrogens is 252 g/mol. The summed E-state index contributed by atoms with van der Waals surface area (Å²) in [5, 5.41) is 11.6. The third-order valence-electron chi connectivity index (χ3n) is 1.53. The molecule has 0 saturated heterocycles. The molecule has 1 atom stereocenters. The summed E-state index contributed by atoms with van der Waals surface area (Å²) in [7, 11) is 0. The van der Waals surface area contributed by atoms with E-state index in [0.717, 1.165) is 9.35 Å². The lowest BCUT2D eigenvalue weighted by atomic mass is 10.3. The first kappa shape index (κ1) is 11.2. The smallest absolute Gasteiger partial charge is 0.113 e. The molecule has 0 radical (unpaired) electrons. The molecule has 0 aliphatic heterocycles. The van der Waals surface area contributed by atoms with Crippen molar-refractivity contribution in [1.29, 1.82) is 0 Å². The SMILES string of the molecule is CC(C)OCC(O)c1sccc1Br. The van der Waals surface area contributed by atoms with Gasteiger partial charge in [0.2, 0.25) is 0 Å². The summed E-state index contributed by atoms with van der Waals surface area (Å²) >= 11 is 4.90. The van der Waals surface area contributed by atoms with E-state index in [4.69, 9.17) is 4.74 Å². The maximum atomic E-state index is 9.69. The molecule has 0 aromatic carbocycles. The van der Waals surface area contributed by atoms with Gasteiger partial charge in [-0.3, -0.25) is 0 Å². The summed E-state index contributed by atoms with van der Waals surface area (Å²) < 4.78 is 6.27. The van der Waals surface area contributed by atoms with Gasteiger partial charge in [-0.15, -0.1) is 11.3 Å². The van der Waals surface area contributed by atoms with E-state index in [2.05, 4.69) is 15.9 Å². The monoisotopic (exact) mass is 264 g/mol.